The maximum Gasteiger partial charge on any atom is 0.268 e. The van der Waals surface area contributed by atoms with Crippen LogP contribution in [-0.4, -0.2) is 27.1 Å². The fraction of sp³-hybridized carbons (Fsp3) is 0.294. The lowest BCUT2D eigenvalue weighted by molar-refractivity contribution is 0.0925. The molecule has 0 saturated heterocycles. The van der Waals surface area contributed by atoms with Gasteiger partial charge in [-0.25, -0.2) is 0 Å². The number of alkyl halides is 1. The molecule has 0 bridgehead atoms. The molecule has 4 rings (SSSR count). The van der Waals surface area contributed by atoms with E-state index in [-0.39, 0.29) is 11.4 Å². The van der Waals surface area contributed by atoms with Gasteiger partial charge in [0.1, 0.15) is 5.69 Å². The zero-order valence-corrected chi connectivity index (χ0v) is 13.9. The van der Waals surface area contributed by atoms with Crippen LogP contribution in [0.25, 0.3) is 10.9 Å². The number of nitrogens with one attached hydrogen (secondary N) is 2. The number of hydrogen-bond donors (Lipinski definition) is 2. The fourth-order valence-electron chi connectivity index (χ4n) is 2.72. The van der Waals surface area contributed by atoms with E-state index >= 15 is 0 Å². The van der Waals surface area contributed by atoms with Crippen LogP contribution in [0.4, 0.5) is 0 Å². The minimum Gasteiger partial charge on any atom is -0.351 e. The van der Waals surface area contributed by atoms with Crippen LogP contribution < -0.4 is 5.32 Å². The van der Waals surface area contributed by atoms with Crippen molar-refractivity contribution in [1.29, 1.82) is 0 Å². The first kappa shape index (κ1) is 15.6. The van der Waals surface area contributed by atoms with Crippen LogP contribution in [0.15, 0.2) is 42.6 Å². The summed E-state index contributed by atoms with van der Waals surface area (Å²) in [5.41, 5.74) is 2.23. The Morgan fingerprint density at radius 3 is 2.65 bits per heavy atom. The van der Waals surface area contributed by atoms with Crippen molar-refractivity contribution in [1.82, 2.24) is 20.1 Å². The van der Waals surface area contributed by atoms with Gasteiger partial charge in [-0.15, -0.1) is 11.6 Å². The van der Waals surface area contributed by atoms with Gasteiger partial charge in [-0.3, -0.25) is 9.48 Å². The van der Waals surface area contributed by atoms with E-state index in [0.29, 0.717) is 5.69 Å². The first-order chi connectivity index (χ1) is 11.2. The van der Waals surface area contributed by atoms with E-state index in [9.17, 15) is 4.79 Å². The first-order valence-electron chi connectivity index (χ1n) is 7.44. The SMILES string of the molecule is CCl.Cn1ccc(C2(NC(=O)c3cc4ccccc4[nH]3)CC2)n1. The summed E-state index contributed by atoms with van der Waals surface area (Å²) in [4.78, 5) is 15.6. The lowest BCUT2D eigenvalue weighted by Crippen LogP contribution is -2.35. The van der Waals surface area contributed by atoms with Crippen molar-refractivity contribution in [3.05, 3.63) is 54.0 Å². The van der Waals surface area contributed by atoms with Crippen LogP contribution in [0.3, 0.4) is 0 Å². The Hall–Kier alpha value is -2.27. The van der Waals surface area contributed by atoms with Crippen LogP contribution in [-0.2, 0) is 12.6 Å². The number of aryl methyl sites for hydroxylation is 1. The van der Waals surface area contributed by atoms with Crippen LogP contribution in [0.5, 0.6) is 0 Å². The van der Waals surface area contributed by atoms with Crippen LogP contribution >= 0.6 is 11.6 Å². The number of carbonyl (C=O) groups excluding carboxylic acids is 1. The van der Waals surface area contributed by atoms with Gasteiger partial charge in [-0.2, -0.15) is 5.10 Å². The van der Waals surface area contributed by atoms with Crippen molar-refractivity contribution >= 4 is 28.4 Å². The topological polar surface area (TPSA) is 62.7 Å². The summed E-state index contributed by atoms with van der Waals surface area (Å²) in [6, 6.07) is 11.7. The van der Waals surface area contributed by atoms with Gasteiger partial charge in [0.15, 0.2) is 0 Å². The second kappa shape index (κ2) is 6.08. The summed E-state index contributed by atoms with van der Waals surface area (Å²) in [6.45, 7) is 0. The number of aromatic nitrogens is 3. The van der Waals surface area contributed by atoms with Gasteiger partial charge in [0.25, 0.3) is 5.91 Å². The predicted molar refractivity (Wildman–Crippen MR) is 91.7 cm³/mol. The smallest absolute Gasteiger partial charge is 0.268 e. The highest BCUT2D eigenvalue weighted by Crippen LogP contribution is 2.44. The number of carbonyl (C=O) groups is 1. The van der Waals surface area contributed by atoms with E-state index in [1.807, 2.05) is 49.6 Å². The molecule has 23 heavy (non-hydrogen) atoms. The van der Waals surface area contributed by atoms with E-state index in [0.717, 1.165) is 29.4 Å². The highest BCUT2D eigenvalue weighted by atomic mass is 35.5. The number of hydrogen-bond acceptors (Lipinski definition) is 2. The molecule has 1 aromatic carbocycles. The molecule has 2 aromatic heterocycles. The maximum absolute atomic E-state index is 12.5. The molecule has 0 spiro atoms. The molecule has 3 aromatic rings. The quantitative estimate of drug-likeness (QED) is 0.724. The van der Waals surface area contributed by atoms with E-state index < -0.39 is 0 Å². The molecule has 1 fully saturated rings. The summed E-state index contributed by atoms with van der Waals surface area (Å²) in [5, 5.41) is 8.60. The third-order valence-corrected chi connectivity index (χ3v) is 4.08. The summed E-state index contributed by atoms with van der Waals surface area (Å²) in [6.07, 6.45) is 5.26. The van der Waals surface area contributed by atoms with Gasteiger partial charge in [0.05, 0.1) is 11.2 Å². The molecule has 0 aliphatic heterocycles. The van der Waals surface area contributed by atoms with Crippen molar-refractivity contribution in [3.8, 4) is 0 Å². The minimum atomic E-state index is -0.282. The molecule has 2 N–H and O–H groups in total. The van der Waals surface area contributed by atoms with Gasteiger partial charge < -0.3 is 10.3 Å². The molecule has 1 aliphatic carbocycles. The molecule has 1 saturated carbocycles. The van der Waals surface area contributed by atoms with Gasteiger partial charge in [0, 0.05) is 30.5 Å². The Morgan fingerprint density at radius 1 is 1.30 bits per heavy atom. The van der Waals surface area contributed by atoms with E-state index in [4.69, 9.17) is 0 Å². The summed E-state index contributed by atoms with van der Waals surface area (Å²) >= 11 is 4.64. The summed E-state index contributed by atoms with van der Waals surface area (Å²) < 4.78 is 1.77. The third kappa shape index (κ3) is 2.97. The second-order valence-electron chi connectivity index (χ2n) is 5.68. The van der Waals surface area contributed by atoms with Gasteiger partial charge in [-0.05, 0) is 31.0 Å². The monoisotopic (exact) mass is 330 g/mol. The highest BCUT2D eigenvalue weighted by molar-refractivity contribution is 6.15. The fourth-order valence-corrected chi connectivity index (χ4v) is 2.72. The second-order valence-corrected chi connectivity index (χ2v) is 5.68. The molecule has 0 unspecified atom stereocenters. The molecule has 2 heterocycles. The maximum atomic E-state index is 12.5. The van der Waals surface area contributed by atoms with Gasteiger partial charge in [0.2, 0.25) is 0 Å². The molecule has 1 aliphatic rings. The predicted octanol–water partition coefficient (Wildman–Crippen LogP) is 3.18. The van der Waals surface area contributed by atoms with Gasteiger partial charge in [-0.1, -0.05) is 18.2 Å². The number of fused-ring (bicyclic) bond motifs is 1. The van der Waals surface area contributed by atoms with Crippen molar-refractivity contribution in [2.45, 2.75) is 18.4 Å². The number of halogens is 1. The molecular weight excluding hydrogens is 312 g/mol. The molecule has 120 valence electrons. The van der Waals surface area contributed by atoms with Crippen molar-refractivity contribution in [3.63, 3.8) is 0 Å². The number of nitrogens with zero attached hydrogens (tertiary/aromatic N) is 2. The Kier molecular flexibility index (Phi) is 4.13. The molecule has 1 amide bonds. The summed E-state index contributed by atoms with van der Waals surface area (Å²) in [7, 11) is 1.89. The lowest BCUT2D eigenvalue weighted by atomic mass is 10.1. The van der Waals surface area contributed by atoms with E-state index in [2.05, 4.69) is 27.0 Å². The number of benzene rings is 1. The lowest BCUT2D eigenvalue weighted by Gasteiger charge is -2.14. The van der Waals surface area contributed by atoms with Crippen LogP contribution in [0.1, 0.15) is 29.0 Å². The number of H-pyrrole nitrogens is 1. The average molecular weight is 331 g/mol. The Bertz CT molecular complexity index is 799. The van der Waals surface area contributed by atoms with Crippen molar-refractivity contribution in [2.75, 3.05) is 6.38 Å². The number of amides is 1. The molecule has 0 atom stereocenters. The van der Waals surface area contributed by atoms with Crippen molar-refractivity contribution < 1.29 is 4.79 Å². The Balaban J connectivity index is 0.000000753. The third-order valence-electron chi connectivity index (χ3n) is 4.08. The van der Waals surface area contributed by atoms with Crippen LogP contribution in [0.2, 0.25) is 0 Å². The van der Waals surface area contributed by atoms with Crippen LogP contribution in [0, 0.1) is 0 Å². The molecule has 6 heteroatoms. The summed E-state index contributed by atoms with van der Waals surface area (Å²) in [5.74, 6) is -0.0747. The number of rotatable bonds is 3. The number of para-hydroxylation sites is 1. The number of aromatic amines is 1. The Labute approximate surface area is 139 Å². The van der Waals surface area contributed by atoms with Gasteiger partial charge >= 0.3 is 0 Å². The standard InChI is InChI=1S/C16H16N4O.CH3Cl/c1-20-9-6-14(19-20)16(7-8-16)18-15(21)13-10-11-4-2-3-5-12(11)17-13;1-2/h2-6,9-10,17H,7-8H2,1H3,(H,18,21);1H3. The molecule has 0 radical (unpaired) electrons. The zero-order valence-electron chi connectivity index (χ0n) is 13.1. The molecule has 5 nitrogen and oxygen atoms in total. The average Bonchev–Trinajstić information content (AvgIpc) is 3.01. The first-order valence-corrected chi connectivity index (χ1v) is 8.20. The highest BCUT2D eigenvalue weighted by Gasteiger charge is 2.47. The van der Waals surface area contributed by atoms with E-state index in [1.54, 1.807) is 4.68 Å². The molecular formula is C17H19ClN4O. The van der Waals surface area contributed by atoms with Crippen molar-refractivity contribution in [2.24, 2.45) is 7.05 Å². The normalized spacial score (nSPS) is 14.9. The zero-order chi connectivity index (χ0) is 16.4. The minimum absolute atomic E-state index is 0.0747. The Morgan fingerprint density at radius 2 is 2.04 bits per heavy atom. The van der Waals surface area contributed by atoms with E-state index in [1.165, 1.54) is 6.38 Å². The largest absolute Gasteiger partial charge is 0.351 e.